The highest BCUT2D eigenvalue weighted by Crippen LogP contribution is 2.30. The summed E-state index contributed by atoms with van der Waals surface area (Å²) in [5.41, 5.74) is 1.77. The molecule has 0 saturated carbocycles. The molecule has 1 saturated heterocycles. The van der Waals surface area contributed by atoms with E-state index in [2.05, 4.69) is 32.3 Å². The maximum Gasteiger partial charge on any atom is 0.283 e. The van der Waals surface area contributed by atoms with Crippen molar-refractivity contribution in [3.05, 3.63) is 58.3 Å². The van der Waals surface area contributed by atoms with E-state index in [-0.39, 0.29) is 11.6 Å². The zero-order chi connectivity index (χ0) is 15.8. The molecule has 0 radical (unpaired) electrons. The van der Waals surface area contributed by atoms with Gasteiger partial charge < -0.3 is 5.01 Å². The highest BCUT2D eigenvalue weighted by atomic mass is 16.1. The molecule has 1 aliphatic rings. The van der Waals surface area contributed by atoms with Crippen LogP contribution in [0.1, 0.15) is 37.2 Å². The molecular formula is C17H19N5O. The number of benzene rings is 1. The first kappa shape index (κ1) is 14.0. The topological polar surface area (TPSA) is 66.8 Å². The van der Waals surface area contributed by atoms with E-state index >= 15 is 0 Å². The van der Waals surface area contributed by atoms with E-state index in [0.717, 1.165) is 25.2 Å². The highest BCUT2D eigenvalue weighted by Gasteiger charge is 2.29. The normalized spacial score (nSPS) is 18.0. The van der Waals surface area contributed by atoms with Crippen LogP contribution in [-0.2, 0) is 6.42 Å². The van der Waals surface area contributed by atoms with Crippen LogP contribution in [0.3, 0.4) is 0 Å². The molecule has 1 aliphatic heterocycles. The minimum absolute atomic E-state index is 0.0385. The van der Waals surface area contributed by atoms with Gasteiger partial charge in [0.1, 0.15) is 11.2 Å². The molecule has 3 heterocycles. The van der Waals surface area contributed by atoms with E-state index in [1.54, 1.807) is 10.9 Å². The second kappa shape index (κ2) is 5.53. The number of aryl methyl sites for hydroxylation is 1. The van der Waals surface area contributed by atoms with Gasteiger partial charge in [-0.2, -0.15) is 5.10 Å². The van der Waals surface area contributed by atoms with Gasteiger partial charge in [-0.1, -0.05) is 37.3 Å². The van der Waals surface area contributed by atoms with Crippen LogP contribution >= 0.6 is 0 Å². The second-order valence-electron chi connectivity index (χ2n) is 5.86. The van der Waals surface area contributed by atoms with Gasteiger partial charge >= 0.3 is 0 Å². The van der Waals surface area contributed by atoms with Crippen molar-refractivity contribution in [3.8, 4) is 0 Å². The molecule has 1 aromatic carbocycles. The Morgan fingerprint density at radius 2 is 2.13 bits per heavy atom. The molecule has 118 valence electrons. The van der Waals surface area contributed by atoms with Gasteiger partial charge in [0.15, 0.2) is 5.65 Å². The first-order chi connectivity index (χ1) is 11.3. The fraction of sp³-hybridized carbons (Fsp3) is 0.353. The summed E-state index contributed by atoms with van der Waals surface area (Å²) in [6.07, 6.45) is 4.37. The van der Waals surface area contributed by atoms with Crippen molar-refractivity contribution in [3.63, 3.8) is 0 Å². The third-order valence-electron chi connectivity index (χ3n) is 4.51. The molecular weight excluding hydrogens is 290 g/mol. The van der Waals surface area contributed by atoms with Crippen LogP contribution in [0.25, 0.3) is 11.0 Å². The summed E-state index contributed by atoms with van der Waals surface area (Å²) in [6.45, 7) is 2.88. The van der Waals surface area contributed by atoms with E-state index in [0.29, 0.717) is 17.5 Å². The summed E-state index contributed by atoms with van der Waals surface area (Å²) in [5.74, 6) is 0.773. The zero-order valence-corrected chi connectivity index (χ0v) is 13.1. The summed E-state index contributed by atoms with van der Waals surface area (Å²) >= 11 is 0. The molecule has 0 amide bonds. The Balaban J connectivity index is 1.87. The maximum absolute atomic E-state index is 13.0. The van der Waals surface area contributed by atoms with Gasteiger partial charge in [-0.3, -0.25) is 9.89 Å². The first-order valence-corrected chi connectivity index (χ1v) is 8.06. The molecule has 0 aliphatic carbocycles. The Labute approximate surface area is 133 Å². The summed E-state index contributed by atoms with van der Waals surface area (Å²) in [6, 6.07) is 10.6. The Hall–Kier alpha value is -2.63. The third kappa shape index (κ3) is 2.21. The van der Waals surface area contributed by atoms with E-state index in [1.165, 1.54) is 5.56 Å². The number of rotatable bonds is 3. The average molecular weight is 309 g/mol. The van der Waals surface area contributed by atoms with Crippen molar-refractivity contribution in [2.45, 2.75) is 32.2 Å². The minimum atomic E-state index is -0.0385. The molecule has 3 aromatic rings. The van der Waals surface area contributed by atoms with Crippen molar-refractivity contribution < 1.29 is 0 Å². The predicted molar refractivity (Wildman–Crippen MR) is 89.0 cm³/mol. The van der Waals surface area contributed by atoms with Crippen LogP contribution in [0.2, 0.25) is 0 Å². The molecule has 6 heteroatoms. The van der Waals surface area contributed by atoms with Crippen molar-refractivity contribution in [2.75, 3.05) is 11.6 Å². The largest absolute Gasteiger partial charge is 0.301 e. The smallest absolute Gasteiger partial charge is 0.283 e. The van der Waals surface area contributed by atoms with Gasteiger partial charge in [0.05, 0.1) is 12.2 Å². The van der Waals surface area contributed by atoms with Crippen molar-refractivity contribution in [2.24, 2.45) is 0 Å². The fourth-order valence-corrected chi connectivity index (χ4v) is 3.43. The number of hydrogen-bond acceptors (Lipinski definition) is 4. The zero-order valence-electron chi connectivity index (χ0n) is 13.1. The van der Waals surface area contributed by atoms with Crippen LogP contribution in [0.4, 0.5) is 0 Å². The van der Waals surface area contributed by atoms with E-state index in [1.807, 2.05) is 25.1 Å². The molecule has 1 N–H and O–H groups in total. The minimum Gasteiger partial charge on any atom is -0.301 e. The van der Waals surface area contributed by atoms with Gasteiger partial charge in [0.25, 0.3) is 5.56 Å². The number of fused-ring (bicyclic) bond motifs is 1. The third-order valence-corrected chi connectivity index (χ3v) is 4.51. The quantitative estimate of drug-likeness (QED) is 0.805. The van der Waals surface area contributed by atoms with E-state index in [4.69, 9.17) is 0 Å². The molecule has 0 bridgehead atoms. The molecule has 23 heavy (non-hydrogen) atoms. The van der Waals surface area contributed by atoms with Crippen molar-refractivity contribution in [1.29, 1.82) is 0 Å². The lowest BCUT2D eigenvalue weighted by Gasteiger charge is -2.30. The van der Waals surface area contributed by atoms with Gasteiger partial charge in [-0.15, -0.1) is 0 Å². The Bertz CT molecular complexity index is 883. The number of nitrogens with one attached hydrogen (secondary N) is 1. The maximum atomic E-state index is 13.0. The standard InChI is InChI=1S/C17H19N5O/c1-2-15-19-16-13(11-18-20-16)17(23)22(15)21-10-6-9-14(21)12-7-4-3-5-8-12/h3-5,7-8,11,14H,2,6,9-10H2,1H3,(H,18,20). The molecule has 1 fully saturated rings. The molecule has 1 atom stereocenters. The molecule has 2 aromatic heterocycles. The van der Waals surface area contributed by atoms with Gasteiger partial charge in [-0.05, 0) is 18.4 Å². The summed E-state index contributed by atoms with van der Waals surface area (Å²) in [5, 5.41) is 9.47. The van der Waals surface area contributed by atoms with Crippen LogP contribution in [-0.4, -0.2) is 26.4 Å². The molecule has 0 spiro atoms. The molecule has 1 unspecified atom stereocenters. The first-order valence-electron chi connectivity index (χ1n) is 8.06. The Morgan fingerprint density at radius 1 is 1.30 bits per heavy atom. The monoisotopic (exact) mass is 309 g/mol. The lowest BCUT2D eigenvalue weighted by molar-refractivity contribution is 0.521. The SMILES string of the molecule is CCc1nc2[nH]ncc2c(=O)n1N1CCCC1c1ccccc1. The number of nitrogens with zero attached hydrogens (tertiary/aromatic N) is 4. The molecule has 6 nitrogen and oxygen atoms in total. The number of aromatic nitrogens is 4. The highest BCUT2D eigenvalue weighted by molar-refractivity contribution is 5.72. The number of hydrogen-bond donors (Lipinski definition) is 1. The molecule has 4 rings (SSSR count). The average Bonchev–Trinajstić information content (AvgIpc) is 3.24. The summed E-state index contributed by atoms with van der Waals surface area (Å²) < 4.78 is 1.77. The van der Waals surface area contributed by atoms with Crippen molar-refractivity contribution >= 4 is 11.0 Å². The van der Waals surface area contributed by atoms with Crippen LogP contribution < -0.4 is 10.6 Å². The number of aromatic amines is 1. The van der Waals surface area contributed by atoms with Crippen molar-refractivity contribution in [1.82, 2.24) is 19.9 Å². The predicted octanol–water partition coefficient (Wildman–Crippen LogP) is 2.16. The number of H-pyrrole nitrogens is 1. The Morgan fingerprint density at radius 3 is 2.91 bits per heavy atom. The van der Waals surface area contributed by atoms with Crippen LogP contribution in [0.5, 0.6) is 0 Å². The van der Waals surface area contributed by atoms with E-state index in [9.17, 15) is 4.79 Å². The van der Waals surface area contributed by atoms with Crippen LogP contribution in [0.15, 0.2) is 41.3 Å². The van der Waals surface area contributed by atoms with Gasteiger partial charge in [0, 0.05) is 13.0 Å². The second-order valence-corrected chi connectivity index (χ2v) is 5.86. The fourth-order valence-electron chi connectivity index (χ4n) is 3.43. The lowest BCUT2D eigenvalue weighted by atomic mass is 10.1. The summed E-state index contributed by atoms with van der Waals surface area (Å²) in [7, 11) is 0. The van der Waals surface area contributed by atoms with E-state index < -0.39 is 0 Å². The van der Waals surface area contributed by atoms with Gasteiger partial charge in [-0.25, -0.2) is 9.66 Å². The van der Waals surface area contributed by atoms with Gasteiger partial charge in [0.2, 0.25) is 0 Å². The summed E-state index contributed by atoms with van der Waals surface area (Å²) in [4.78, 5) is 17.5. The Kier molecular flexibility index (Phi) is 3.37. The lowest BCUT2D eigenvalue weighted by Crippen LogP contribution is -2.44. The van der Waals surface area contributed by atoms with Crippen LogP contribution in [0, 0.1) is 0 Å².